The summed E-state index contributed by atoms with van der Waals surface area (Å²) in [5, 5.41) is 0. The fourth-order valence-electron chi connectivity index (χ4n) is 4.81. The summed E-state index contributed by atoms with van der Waals surface area (Å²) in [4.78, 5) is 0. The van der Waals surface area contributed by atoms with Crippen LogP contribution in [0.15, 0.2) is 0 Å². The predicted octanol–water partition coefficient (Wildman–Crippen LogP) is 2.67. The molecule has 0 aromatic heterocycles. The van der Waals surface area contributed by atoms with Crippen LogP contribution >= 0.6 is 22.6 Å². The van der Waals surface area contributed by atoms with Gasteiger partial charge in [-0.1, -0.05) is 22.6 Å². The van der Waals surface area contributed by atoms with Crippen LogP contribution in [0.3, 0.4) is 0 Å². The van der Waals surface area contributed by atoms with Gasteiger partial charge in [-0.15, -0.1) is 0 Å². The van der Waals surface area contributed by atoms with E-state index in [4.69, 9.17) is 0 Å². The van der Waals surface area contributed by atoms with Gasteiger partial charge in [-0.3, -0.25) is 0 Å². The maximum Gasteiger partial charge on any atom is 0.106 e. The molecule has 0 N–H and O–H groups in total. The molecule has 0 heterocycles. The molecule has 6 unspecified atom stereocenters. The Labute approximate surface area is 86.6 Å². The van der Waals surface area contributed by atoms with Crippen molar-refractivity contribution in [2.45, 2.75) is 22.7 Å². The summed E-state index contributed by atoms with van der Waals surface area (Å²) in [6.07, 6.45) is 4.79. The number of hydrogen-bond donors (Lipinski definition) is 0. The molecule has 0 saturated heterocycles. The summed E-state index contributed by atoms with van der Waals surface area (Å²) in [5.74, 6) is 9.04. The Balaban J connectivity index is 1.80. The topological polar surface area (TPSA) is 0 Å². The molecule has 0 amide bonds. The Morgan fingerprint density at radius 1 is 0.917 bits per heavy atom. The zero-order valence-corrected chi connectivity index (χ0v) is 9.12. The number of rotatable bonds is 0. The van der Waals surface area contributed by atoms with E-state index in [0.29, 0.717) is 0 Å². The minimum atomic E-state index is 0.833. The van der Waals surface area contributed by atoms with Crippen LogP contribution in [0.4, 0.5) is 0 Å². The van der Waals surface area contributed by atoms with Crippen LogP contribution in [0.25, 0.3) is 0 Å². The maximum atomic E-state index is 2.88. The molecule has 6 saturated carbocycles. The van der Waals surface area contributed by atoms with Crippen molar-refractivity contribution < 1.29 is 0 Å². The number of hydrogen-bond acceptors (Lipinski definition) is 0. The first-order valence-electron chi connectivity index (χ1n) is 5.37. The summed E-state index contributed by atoms with van der Waals surface area (Å²) in [7, 11) is 0. The third-order valence-electron chi connectivity index (χ3n) is 5.36. The molecule has 6 aliphatic rings. The lowest BCUT2D eigenvalue weighted by molar-refractivity contribution is 0.283. The van der Waals surface area contributed by atoms with Crippen LogP contribution in [0.2, 0.25) is 0 Å². The molecule has 6 aliphatic carbocycles. The summed E-state index contributed by atoms with van der Waals surface area (Å²) in [6, 6.07) is 0. The highest BCUT2D eigenvalue weighted by Gasteiger charge is 2.90. The molecule has 6 atom stereocenters. The molecule has 12 heavy (non-hydrogen) atoms. The lowest BCUT2D eigenvalue weighted by atomic mass is 9.71. The van der Waals surface area contributed by atoms with Crippen LogP contribution in [0, 0.1) is 41.4 Å². The van der Waals surface area contributed by atoms with Gasteiger partial charge in [0.1, 0.15) is 23.7 Å². The van der Waals surface area contributed by atoms with E-state index < -0.39 is 0 Å². The molecule has 0 spiro atoms. The van der Waals surface area contributed by atoms with Crippen LogP contribution in [0.1, 0.15) is 19.3 Å². The Morgan fingerprint density at radius 3 is 1.75 bits per heavy atom. The lowest BCUT2D eigenvalue weighted by Crippen LogP contribution is -2.41. The molecule has 0 nitrogen and oxygen atoms in total. The predicted molar refractivity (Wildman–Crippen MR) is 54.8 cm³/mol. The van der Waals surface area contributed by atoms with Crippen molar-refractivity contribution >= 4 is 22.6 Å². The molecule has 6 rings (SSSR count). The van der Waals surface area contributed by atoms with Gasteiger partial charge in [0.25, 0.3) is 0 Å². The minimum absolute atomic E-state index is 0.833. The Hall–Kier alpha value is 0.600. The van der Waals surface area contributed by atoms with E-state index in [1.165, 1.54) is 17.8 Å². The van der Waals surface area contributed by atoms with E-state index in [-0.39, 0.29) is 0 Å². The summed E-state index contributed by atoms with van der Waals surface area (Å²) >= 11 is 2.88. The van der Waals surface area contributed by atoms with Gasteiger partial charge in [0.15, 0.2) is 0 Å². The van der Waals surface area contributed by atoms with Gasteiger partial charge >= 0.3 is 0 Å². The average molecular weight is 271 g/mol. The van der Waals surface area contributed by atoms with Crippen LogP contribution < -0.4 is 0 Å². The zero-order valence-electron chi connectivity index (χ0n) is 6.96. The van der Waals surface area contributed by atoms with Crippen LogP contribution in [-0.2, 0) is 0 Å². The maximum absolute atomic E-state index is 2.88. The van der Waals surface area contributed by atoms with Crippen molar-refractivity contribution in [1.29, 1.82) is 0 Å². The monoisotopic (exact) mass is 271 g/mol. The van der Waals surface area contributed by atoms with Crippen molar-refractivity contribution in [3.63, 3.8) is 0 Å². The van der Waals surface area contributed by atoms with Crippen molar-refractivity contribution in [2.75, 3.05) is 0 Å². The van der Waals surface area contributed by atoms with Gasteiger partial charge < -0.3 is 0 Å². The minimum Gasteiger partial charge on any atom is -0.0774 e. The quantitative estimate of drug-likeness (QED) is 0.361. The van der Waals surface area contributed by atoms with Crippen LogP contribution in [0.5, 0.6) is 0 Å². The molecule has 2 bridgehead atoms. The molecular formula is C11H12I+. The van der Waals surface area contributed by atoms with Crippen molar-refractivity contribution in [3.05, 3.63) is 5.92 Å². The molecule has 0 radical (unpaired) electrons. The third kappa shape index (κ3) is 0.414. The molecule has 62 valence electrons. The van der Waals surface area contributed by atoms with Gasteiger partial charge in [0.2, 0.25) is 0 Å². The first-order valence-corrected chi connectivity index (χ1v) is 6.45. The SMILES string of the molecule is IC12C3CC3[C+](C3CC31)C1CC12. The smallest absolute Gasteiger partial charge is 0.0774 e. The van der Waals surface area contributed by atoms with E-state index in [9.17, 15) is 0 Å². The summed E-state index contributed by atoms with van der Waals surface area (Å²) in [5.41, 5.74) is 0. The second kappa shape index (κ2) is 1.39. The molecule has 0 aromatic carbocycles. The standard InChI is InChI=1S/C11H12I/c12-11-7-1-4(7)10(5-2-8(5)11)6-3-9(6)11/h4-9H,1-3H2/q+1. The van der Waals surface area contributed by atoms with E-state index >= 15 is 0 Å². The van der Waals surface area contributed by atoms with E-state index in [1.807, 2.05) is 0 Å². The highest BCUT2D eigenvalue weighted by atomic mass is 127. The lowest BCUT2D eigenvalue weighted by Gasteiger charge is -2.35. The molecule has 6 fully saturated rings. The molecule has 0 aliphatic heterocycles. The van der Waals surface area contributed by atoms with E-state index in [0.717, 1.165) is 21.2 Å². The Morgan fingerprint density at radius 2 is 1.33 bits per heavy atom. The van der Waals surface area contributed by atoms with Gasteiger partial charge in [-0.05, 0) is 19.3 Å². The van der Waals surface area contributed by atoms with Gasteiger partial charge in [-0.25, -0.2) is 0 Å². The second-order valence-corrected chi connectivity index (χ2v) is 7.54. The van der Waals surface area contributed by atoms with Gasteiger partial charge in [-0.2, -0.15) is 0 Å². The fourth-order valence-corrected chi connectivity index (χ4v) is 6.87. The van der Waals surface area contributed by atoms with Gasteiger partial charge in [0.05, 0.1) is 0 Å². The zero-order chi connectivity index (χ0) is 7.66. The summed E-state index contributed by atoms with van der Waals surface area (Å²) in [6.45, 7) is 0. The summed E-state index contributed by atoms with van der Waals surface area (Å²) < 4.78 is 0.833. The highest BCUT2D eigenvalue weighted by Crippen LogP contribution is 2.87. The first kappa shape index (κ1) is 6.15. The normalized spacial score (nSPS) is 79.2. The third-order valence-corrected chi connectivity index (χ3v) is 7.76. The second-order valence-electron chi connectivity index (χ2n) is 5.67. The molecule has 0 aromatic rings. The van der Waals surface area contributed by atoms with Crippen LogP contribution in [-0.4, -0.2) is 3.42 Å². The van der Waals surface area contributed by atoms with E-state index in [2.05, 4.69) is 28.5 Å². The molecule has 1 heteroatoms. The fraction of sp³-hybridized carbons (Fsp3) is 0.909. The first-order chi connectivity index (χ1) is 5.82. The largest absolute Gasteiger partial charge is 0.106 e. The highest BCUT2D eigenvalue weighted by molar-refractivity contribution is 14.1. The Kier molecular flexibility index (Phi) is 0.714. The number of alkyl halides is 1. The molecular weight excluding hydrogens is 259 g/mol. The van der Waals surface area contributed by atoms with Crippen molar-refractivity contribution in [1.82, 2.24) is 0 Å². The van der Waals surface area contributed by atoms with Gasteiger partial charge in [0, 0.05) is 21.2 Å². The Bertz CT molecular complexity index is 252. The average Bonchev–Trinajstić information content (AvgIpc) is 2.90. The van der Waals surface area contributed by atoms with Crippen molar-refractivity contribution in [2.24, 2.45) is 35.5 Å². The van der Waals surface area contributed by atoms with E-state index in [1.54, 1.807) is 19.3 Å². The van der Waals surface area contributed by atoms with Crippen molar-refractivity contribution in [3.8, 4) is 0 Å². The number of halogens is 1.